The Bertz CT molecular complexity index is 512. The molecular formula is C13H17N3O4. The van der Waals surface area contributed by atoms with Crippen LogP contribution in [0.25, 0.3) is 0 Å². The average molecular weight is 279 g/mol. The Morgan fingerprint density at radius 2 is 2.15 bits per heavy atom. The van der Waals surface area contributed by atoms with Gasteiger partial charge in [0.15, 0.2) is 6.61 Å². The molecule has 1 saturated heterocycles. The highest BCUT2D eigenvalue weighted by Crippen LogP contribution is 2.23. The Morgan fingerprint density at radius 3 is 2.75 bits per heavy atom. The van der Waals surface area contributed by atoms with Crippen molar-refractivity contribution in [3.8, 4) is 5.75 Å². The fourth-order valence-electron chi connectivity index (χ4n) is 2.05. The van der Waals surface area contributed by atoms with Gasteiger partial charge in [-0.25, -0.2) is 0 Å². The predicted octanol–water partition coefficient (Wildman–Crippen LogP) is 0.714. The molecule has 1 aromatic rings. The smallest absolute Gasteiger partial charge is 0.269 e. The monoisotopic (exact) mass is 279 g/mol. The van der Waals surface area contributed by atoms with E-state index in [0.717, 1.165) is 13.1 Å². The van der Waals surface area contributed by atoms with E-state index in [1.165, 1.54) is 18.2 Å². The van der Waals surface area contributed by atoms with Crippen LogP contribution in [-0.4, -0.2) is 48.5 Å². The molecule has 20 heavy (non-hydrogen) atoms. The molecule has 7 nitrogen and oxygen atoms in total. The number of hydrogen-bond acceptors (Lipinski definition) is 5. The van der Waals surface area contributed by atoms with Crippen LogP contribution < -0.4 is 10.1 Å². The second-order valence-electron chi connectivity index (χ2n) is 4.63. The molecule has 7 heteroatoms. The first-order chi connectivity index (χ1) is 9.58. The molecule has 1 heterocycles. The Balaban J connectivity index is 1.93. The molecule has 1 amide bonds. The van der Waals surface area contributed by atoms with Gasteiger partial charge in [0.1, 0.15) is 5.75 Å². The largest absolute Gasteiger partial charge is 0.483 e. The van der Waals surface area contributed by atoms with E-state index in [2.05, 4.69) is 5.32 Å². The van der Waals surface area contributed by atoms with Crippen LogP contribution >= 0.6 is 0 Å². The van der Waals surface area contributed by atoms with Crippen molar-refractivity contribution in [3.63, 3.8) is 0 Å². The molecule has 1 aromatic carbocycles. The van der Waals surface area contributed by atoms with Gasteiger partial charge in [-0.15, -0.1) is 0 Å². The number of rotatable bonds is 4. The topological polar surface area (TPSA) is 84.7 Å². The molecule has 2 rings (SSSR count). The van der Waals surface area contributed by atoms with Crippen LogP contribution in [0.3, 0.4) is 0 Å². The van der Waals surface area contributed by atoms with E-state index in [1.807, 2.05) is 0 Å². The van der Waals surface area contributed by atoms with Crippen molar-refractivity contribution in [1.82, 2.24) is 10.2 Å². The molecule has 0 atom stereocenters. The first kappa shape index (κ1) is 14.3. The second-order valence-corrected chi connectivity index (χ2v) is 4.63. The summed E-state index contributed by atoms with van der Waals surface area (Å²) < 4.78 is 5.45. The van der Waals surface area contributed by atoms with E-state index in [4.69, 9.17) is 4.74 Å². The highest BCUT2D eigenvalue weighted by Gasteiger charge is 2.17. The average Bonchev–Trinajstić information content (AvgIpc) is 2.46. The molecule has 0 unspecified atom stereocenters. The lowest BCUT2D eigenvalue weighted by atomic mass is 10.2. The van der Waals surface area contributed by atoms with Gasteiger partial charge >= 0.3 is 0 Å². The number of ether oxygens (including phenoxy) is 1. The summed E-state index contributed by atoms with van der Waals surface area (Å²) in [5.41, 5.74) is 0.663. The second kappa shape index (κ2) is 6.33. The standard InChI is InChI=1S/C13H17N3O4/c1-10-8-11(16(18)19)2-3-12(10)20-9-13(17)15-6-4-14-5-7-15/h2-3,8,14H,4-7,9H2,1H3. The number of non-ortho nitro benzene ring substituents is 1. The lowest BCUT2D eigenvalue weighted by Crippen LogP contribution is -2.47. The van der Waals surface area contributed by atoms with Crippen LogP contribution in [0.1, 0.15) is 5.56 Å². The lowest BCUT2D eigenvalue weighted by molar-refractivity contribution is -0.384. The number of piperazine rings is 1. The Morgan fingerprint density at radius 1 is 1.45 bits per heavy atom. The molecule has 1 aliphatic heterocycles. The van der Waals surface area contributed by atoms with Crippen molar-refractivity contribution >= 4 is 11.6 Å². The van der Waals surface area contributed by atoms with Crippen LogP contribution in [-0.2, 0) is 4.79 Å². The molecule has 0 bridgehead atoms. The van der Waals surface area contributed by atoms with Gasteiger partial charge in [-0.05, 0) is 18.6 Å². The number of hydrogen-bond donors (Lipinski definition) is 1. The minimum atomic E-state index is -0.456. The Labute approximate surface area is 116 Å². The Hall–Kier alpha value is -2.15. The summed E-state index contributed by atoms with van der Waals surface area (Å²) >= 11 is 0. The number of benzene rings is 1. The van der Waals surface area contributed by atoms with Gasteiger partial charge in [0, 0.05) is 38.3 Å². The zero-order valence-corrected chi connectivity index (χ0v) is 11.3. The normalized spacial score (nSPS) is 14.9. The number of nitro benzene ring substituents is 1. The quantitative estimate of drug-likeness (QED) is 0.648. The molecule has 0 aliphatic carbocycles. The van der Waals surface area contributed by atoms with Crippen LogP contribution in [0.5, 0.6) is 5.75 Å². The van der Waals surface area contributed by atoms with Gasteiger partial charge in [0.05, 0.1) is 4.92 Å². The molecule has 1 N–H and O–H groups in total. The summed E-state index contributed by atoms with van der Waals surface area (Å²) in [6, 6.07) is 4.33. The minimum Gasteiger partial charge on any atom is -0.483 e. The summed E-state index contributed by atoms with van der Waals surface area (Å²) in [5, 5.41) is 13.8. The summed E-state index contributed by atoms with van der Waals surface area (Å²) in [5.74, 6) is 0.434. The number of nitrogens with zero attached hydrogens (tertiary/aromatic N) is 2. The summed E-state index contributed by atoms with van der Waals surface area (Å²) in [6.07, 6.45) is 0. The first-order valence-electron chi connectivity index (χ1n) is 6.44. The van der Waals surface area contributed by atoms with Crippen LogP contribution in [0.15, 0.2) is 18.2 Å². The maximum Gasteiger partial charge on any atom is 0.269 e. The number of aryl methyl sites for hydroxylation is 1. The highest BCUT2D eigenvalue weighted by atomic mass is 16.6. The molecule has 1 fully saturated rings. The lowest BCUT2D eigenvalue weighted by Gasteiger charge is -2.27. The molecule has 0 aromatic heterocycles. The molecule has 0 radical (unpaired) electrons. The van der Waals surface area contributed by atoms with Crippen molar-refractivity contribution < 1.29 is 14.5 Å². The zero-order valence-electron chi connectivity index (χ0n) is 11.3. The van der Waals surface area contributed by atoms with Crippen molar-refractivity contribution in [3.05, 3.63) is 33.9 Å². The van der Waals surface area contributed by atoms with Gasteiger partial charge in [0.2, 0.25) is 0 Å². The van der Waals surface area contributed by atoms with Gasteiger partial charge in [-0.2, -0.15) is 0 Å². The summed E-state index contributed by atoms with van der Waals surface area (Å²) in [7, 11) is 0. The maximum atomic E-state index is 11.9. The van der Waals surface area contributed by atoms with Gasteiger partial charge in [-0.3, -0.25) is 14.9 Å². The van der Waals surface area contributed by atoms with Gasteiger partial charge in [0.25, 0.3) is 11.6 Å². The van der Waals surface area contributed by atoms with Crippen LogP contribution in [0.2, 0.25) is 0 Å². The third-order valence-corrected chi connectivity index (χ3v) is 3.19. The number of carbonyl (C=O) groups excluding carboxylic acids is 1. The fraction of sp³-hybridized carbons (Fsp3) is 0.462. The summed E-state index contributed by atoms with van der Waals surface area (Å²) in [6.45, 7) is 4.63. The Kier molecular flexibility index (Phi) is 4.52. The number of nitrogens with one attached hydrogen (secondary N) is 1. The zero-order chi connectivity index (χ0) is 14.5. The third-order valence-electron chi connectivity index (χ3n) is 3.19. The summed E-state index contributed by atoms with van der Waals surface area (Å²) in [4.78, 5) is 23.8. The van der Waals surface area contributed by atoms with E-state index in [9.17, 15) is 14.9 Å². The van der Waals surface area contributed by atoms with Gasteiger partial charge in [-0.1, -0.05) is 0 Å². The highest BCUT2D eigenvalue weighted by molar-refractivity contribution is 5.78. The van der Waals surface area contributed by atoms with Crippen LogP contribution in [0.4, 0.5) is 5.69 Å². The third kappa shape index (κ3) is 3.45. The SMILES string of the molecule is Cc1cc([N+](=O)[O-])ccc1OCC(=O)N1CCNCC1. The predicted molar refractivity (Wildman–Crippen MR) is 72.8 cm³/mol. The molecule has 0 saturated carbocycles. The van der Waals surface area contributed by atoms with E-state index < -0.39 is 4.92 Å². The number of amides is 1. The molecule has 0 spiro atoms. The first-order valence-corrected chi connectivity index (χ1v) is 6.44. The van der Waals surface area contributed by atoms with E-state index in [0.29, 0.717) is 24.4 Å². The molecule has 108 valence electrons. The molecule has 1 aliphatic rings. The minimum absolute atomic E-state index is 0.0169. The van der Waals surface area contributed by atoms with Crippen LogP contribution in [0, 0.1) is 17.0 Å². The van der Waals surface area contributed by atoms with Crippen molar-refractivity contribution in [2.45, 2.75) is 6.92 Å². The van der Waals surface area contributed by atoms with E-state index in [1.54, 1.807) is 11.8 Å². The van der Waals surface area contributed by atoms with E-state index >= 15 is 0 Å². The van der Waals surface area contributed by atoms with Gasteiger partial charge < -0.3 is 15.0 Å². The van der Waals surface area contributed by atoms with E-state index in [-0.39, 0.29) is 18.2 Å². The van der Waals surface area contributed by atoms with Crippen molar-refractivity contribution in [1.29, 1.82) is 0 Å². The fourth-order valence-corrected chi connectivity index (χ4v) is 2.05. The van der Waals surface area contributed by atoms with Crippen molar-refractivity contribution in [2.75, 3.05) is 32.8 Å². The number of carbonyl (C=O) groups is 1. The van der Waals surface area contributed by atoms with Crippen molar-refractivity contribution in [2.24, 2.45) is 0 Å². The molecular weight excluding hydrogens is 262 g/mol. The number of nitro groups is 1. The maximum absolute atomic E-state index is 11.9.